The molecule has 3 nitrogen and oxygen atoms in total. The van der Waals surface area contributed by atoms with Crippen LogP contribution in [-0.2, 0) is 0 Å². The highest BCUT2D eigenvalue weighted by molar-refractivity contribution is 5.28. The van der Waals surface area contributed by atoms with E-state index in [4.69, 9.17) is 4.74 Å². The number of hydrogen-bond donors (Lipinski definition) is 2. The molecular weight excluding hydrogens is 274 g/mol. The summed E-state index contributed by atoms with van der Waals surface area (Å²) in [6, 6.07) is 16.3. The van der Waals surface area contributed by atoms with Crippen molar-refractivity contribution >= 4 is 0 Å². The van der Waals surface area contributed by atoms with E-state index in [1.54, 1.807) is 0 Å². The van der Waals surface area contributed by atoms with Gasteiger partial charge in [-0.05, 0) is 49.6 Å². The first-order valence-electron chi connectivity index (χ1n) is 7.72. The van der Waals surface area contributed by atoms with Crippen LogP contribution in [-0.4, -0.2) is 24.4 Å². The van der Waals surface area contributed by atoms with Gasteiger partial charge in [-0.2, -0.15) is 0 Å². The second-order valence-electron chi connectivity index (χ2n) is 5.77. The molecule has 0 heterocycles. The molecule has 3 heteroatoms. The van der Waals surface area contributed by atoms with E-state index in [0.29, 0.717) is 6.54 Å². The highest BCUT2D eigenvalue weighted by Crippen LogP contribution is 2.16. The molecule has 0 unspecified atom stereocenters. The fraction of sp³-hybridized carbons (Fsp3) is 0.368. The van der Waals surface area contributed by atoms with Crippen molar-refractivity contribution in [3.63, 3.8) is 0 Å². The summed E-state index contributed by atoms with van der Waals surface area (Å²) in [4.78, 5) is 0. The normalized spacial score (nSPS) is 13.6. The van der Waals surface area contributed by atoms with Crippen molar-refractivity contribution in [2.75, 3.05) is 13.2 Å². The Morgan fingerprint density at radius 3 is 2.59 bits per heavy atom. The van der Waals surface area contributed by atoms with Crippen LogP contribution in [0.4, 0.5) is 0 Å². The van der Waals surface area contributed by atoms with Crippen LogP contribution in [0.3, 0.4) is 0 Å². The fourth-order valence-corrected chi connectivity index (χ4v) is 2.45. The Labute approximate surface area is 133 Å². The quantitative estimate of drug-likeness (QED) is 0.823. The van der Waals surface area contributed by atoms with E-state index in [2.05, 4.69) is 31.3 Å². The van der Waals surface area contributed by atoms with E-state index in [9.17, 15) is 5.11 Å². The molecule has 2 atom stereocenters. The molecule has 0 fully saturated rings. The first kappa shape index (κ1) is 16.5. The lowest BCUT2D eigenvalue weighted by atomic mass is 10.0. The molecule has 22 heavy (non-hydrogen) atoms. The maximum absolute atomic E-state index is 10.1. The number of benzene rings is 2. The van der Waals surface area contributed by atoms with Crippen LogP contribution in [0.5, 0.6) is 5.75 Å². The van der Waals surface area contributed by atoms with Crippen molar-refractivity contribution in [1.29, 1.82) is 0 Å². The summed E-state index contributed by atoms with van der Waals surface area (Å²) < 4.78 is 5.62. The van der Waals surface area contributed by atoms with E-state index < -0.39 is 6.10 Å². The first-order chi connectivity index (χ1) is 10.6. The van der Waals surface area contributed by atoms with E-state index in [1.807, 2.05) is 43.3 Å². The highest BCUT2D eigenvalue weighted by atomic mass is 16.5. The number of hydrogen-bond acceptors (Lipinski definition) is 3. The molecular formula is C19H25NO2. The van der Waals surface area contributed by atoms with Gasteiger partial charge in [-0.3, -0.25) is 0 Å². The molecule has 2 aromatic carbocycles. The molecule has 2 N–H and O–H groups in total. The summed E-state index contributed by atoms with van der Waals surface area (Å²) in [5, 5.41) is 13.4. The lowest BCUT2D eigenvalue weighted by Gasteiger charge is -2.19. The molecule has 0 aromatic heterocycles. The zero-order valence-corrected chi connectivity index (χ0v) is 13.5. The lowest BCUT2D eigenvalue weighted by molar-refractivity contribution is 0.104. The summed E-state index contributed by atoms with van der Waals surface area (Å²) in [6.07, 6.45) is -0.535. The largest absolute Gasteiger partial charge is 0.491 e. The predicted octanol–water partition coefficient (Wildman–Crippen LogP) is 3.39. The Bertz CT molecular complexity index is 597. The number of aliphatic hydroxyl groups is 1. The molecule has 0 saturated carbocycles. The summed E-state index contributed by atoms with van der Waals surface area (Å²) in [6.45, 7) is 7.02. The van der Waals surface area contributed by atoms with Gasteiger partial charge in [-0.15, -0.1) is 0 Å². The molecule has 2 rings (SSSR count). The third kappa shape index (κ3) is 4.86. The van der Waals surface area contributed by atoms with Gasteiger partial charge in [0.25, 0.3) is 0 Å². The van der Waals surface area contributed by atoms with E-state index in [-0.39, 0.29) is 12.6 Å². The van der Waals surface area contributed by atoms with E-state index in [1.165, 1.54) is 11.1 Å². The predicted molar refractivity (Wildman–Crippen MR) is 90.3 cm³/mol. The second-order valence-corrected chi connectivity index (χ2v) is 5.77. The average molecular weight is 299 g/mol. The number of aryl methyl sites for hydroxylation is 2. The Balaban J connectivity index is 1.78. The highest BCUT2D eigenvalue weighted by Gasteiger charge is 2.11. The average Bonchev–Trinajstić information content (AvgIpc) is 2.51. The standard InChI is InChI=1S/C19H25NO2/c1-14-7-6-9-18(11-14)22-13-17(21)12-20-16(3)19-10-5-4-8-15(19)2/h4-11,16-17,20-21H,12-13H2,1-3H3/t16-,17-/m0/s1. The Morgan fingerprint density at radius 1 is 1.09 bits per heavy atom. The molecule has 0 radical (unpaired) electrons. The van der Waals surface area contributed by atoms with Crippen molar-refractivity contribution < 1.29 is 9.84 Å². The number of nitrogens with one attached hydrogen (secondary N) is 1. The van der Waals surface area contributed by atoms with Crippen LogP contribution < -0.4 is 10.1 Å². The van der Waals surface area contributed by atoms with Crippen LogP contribution in [0, 0.1) is 13.8 Å². The van der Waals surface area contributed by atoms with Crippen molar-refractivity contribution in [3.05, 3.63) is 65.2 Å². The Kier molecular flexibility index (Phi) is 5.99. The molecule has 0 aliphatic rings. The number of aliphatic hydroxyl groups excluding tert-OH is 1. The number of ether oxygens (including phenoxy) is 1. The van der Waals surface area contributed by atoms with Crippen molar-refractivity contribution in [1.82, 2.24) is 5.32 Å². The van der Waals surface area contributed by atoms with Gasteiger partial charge in [0.05, 0.1) is 0 Å². The molecule has 0 aliphatic heterocycles. The molecule has 118 valence electrons. The monoisotopic (exact) mass is 299 g/mol. The first-order valence-corrected chi connectivity index (χ1v) is 7.72. The van der Waals surface area contributed by atoms with Crippen LogP contribution in [0.2, 0.25) is 0 Å². The minimum absolute atomic E-state index is 0.204. The van der Waals surface area contributed by atoms with Crippen LogP contribution >= 0.6 is 0 Å². The molecule has 2 aromatic rings. The zero-order valence-electron chi connectivity index (χ0n) is 13.5. The van der Waals surface area contributed by atoms with Gasteiger partial charge in [0, 0.05) is 12.6 Å². The smallest absolute Gasteiger partial charge is 0.119 e. The molecule has 0 aliphatic carbocycles. The lowest BCUT2D eigenvalue weighted by Crippen LogP contribution is -2.33. The second kappa shape index (κ2) is 7.97. The minimum Gasteiger partial charge on any atom is -0.491 e. The summed E-state index contributed by atoms with van der Waals surface area (Å²) >= 11 is 0. The van der Waals surface area contributed by atoms with Gasteiger partial charge < -0.3 is 15.2 Å². The third-order valence-corrected chi connectivity index (χ3v) is 3.75. The SMILES string of the molecule is Cc1cccc(OC[C@@H](O)CN[C@@H](C)c2ccccc2C)c1. The Morgan fingerprint density at radius 2 is 1.86 bits per heavy atom. The van der Waals surface area contributed by atoms with Gasteiger partial charge in [-0.25, -0.2) is 0 Å². The fourth-order valence-electron chi connectivity index (χ4n) is 2.45. The van der Waals surface area contributed by atoms with Gasteiger partial charge in [0.2, 0.25) is 0 Å². The Hall–Kier alpha value is -1.84. The van der Waals surface area contributed by atoms with Crippen LogP contribution in [0.15, 0.2) is 48.5 Å². The van der Waals surface area contributed by atoms with Gasteiger partial charge >= 0.3 is 0 Å². The molecule has 0 amide bonds. The summed E-state index contributed by atoms with van der Waals surface area (Å²) in [7, 11) is 0. The summed E-state index contributed by atoms with van der Waals surface area (Å²) in [5.74, 6) is 0.797. The molecule has 0 bridgehead atoms. The van der Waals surface area contributed by atoms with Gasteiger partial charge in [0.15, 0.2) is 0 Å². The molecule has 0 spiro atoms. The van der Waals surface area contributed by atoms with Crippen LogP contribution in [0.25, 0.3) is 0 Å². The maximum Gasteiger partial charge on any atom is 0.119 e. The maximum atomic E-state index is 10.1. The topological polar surface area (TPSA) is 41.5 Å². The third-order valence-electron chi connectivity index (χ3n) is 3.75. The van der Waals surface area contributed by atoms with E-state index in [0.717, 1.165) is 11.3 Å². The number of rotatable bonds is 7. The molecule has 0 saturated heterocycles. The van der Waals surface area contributed by atoms with Crippen molar-refractivity contribution in [3.8, 4) is 5.75 Å². The van der Waals surface area contributed by atoms with Gasteiger partial charge in [-0.1, -0.05) is 36.4 Å². The van der Waals surface area contributed by atoms with E-state index >= 15 is 0 Å². The summed E-state index contributed by atoms with van der Waals surface area (Å²) in [5.41, 5.74) is 3.67. The van der Waals surface area contributed by atoms with Gasteiger partial charge in [0.1, 0.15) is 18.5 Å². The van der Waals surface area contributed by atoms with Crippen molar-refractivity contribution in [2.24, 2.45) is 0 Å². The van der Waals surface area contributed by atoms with Crippen LogP contribution in [0.1, 0.15) is 29.7 Å². The van der Waals surface area contributed by atoms with Crippen molar-refractivity contribution in [2.45, 2.75) is 32.9 Å². The minimum atomic E-state index is -0.535. The zero-order chi connectivity index (χ0) is 15.9.